The van der Waals surface area contributed by atoms with Gasteiger partial charge in [-0.15, -0.1) is 0 Å². The maximum Gasteiger partial charge on any atom is 0.199 e. The van der Waals surface area contributed by atoms with Crippen LogP contribution in [-0.4, -0.2) is 17.9 Å². The molecule has 19 heavy (non-hydrogen) atoms. The summed E-state index contributed by atoms with van der Waals surface area (Å²) in [5.74, 6) is -0.989. The number of rotatable bonds is 3. The smallest absolute Gasteiger partial charge is 0.199 e. The second-order valence-corrected chi connectivity index (χ2v) is 4.86. The summed E-state index contributed by atoms with van der Waals surface area (Å²) >= 11 is 8.87. The molecule has 0 amide bonds. The molecule has 1 heterocycles. The Balaban J connectivity index is 2.54. The van der Waals surface area contributed by atoms with E-state index in [-0.39, 0.29) is 21.9 Å². The molecule has 6 heteroatoms. The topological polar surface area (TPSA) is 39.2 Å². The van der Waals surface area contributed by atoms with Crippen LogP contribution in [0.5, 0.6) is 5.75 Å². The Kier molecular flexibility index (Phi) is 4.17. The summed E-state index contributed by atoms with van der Waals surface area (Å²) < 4.78 is 19.4. The molecule has 1 aromatic carbocycles. The first-order chi connectivity index (χ1) is 9.06. The van der Waals surface area contributed by atoms with Gasteiger partial charge >= 0.3 is 0 Å². The lowest BCUT2D eigenvalue weighted by Gasteiger charge is -2.08. The fourth-order valence-corrected chi connectivity index (χ4v) is 2.05. The lowest BCUT2D eigenvalue weighted by Crippen LogP contribution is -2.07. The molecule has 2 aromatic rings. The summed E-state index contributed by atoms with van der Waals surface area (Å²) in [6, 6.07) is 4.36. The molecule has 98 valence electrons. The van der Waals surface area contributed by atoms with Gasteiger partial charge in [0.2, 0.25) is 0 Å². The molecule has 3 nitrogen and oxygen atoms in total. The number of ether oxygens (including phenoxy) is 1. The highest BCUT2D eigenvalue weighted by Gasteiger charge is 2.20. The third kappa shape index (κ3) is 2.62. The first kappa shape index (κ1) is 14.0. The molecular weight excluding hydrogens is 337 g/mol. The van der Waals surface area contributed by atoms with Crippen LogP contribution in [0, 0.1) is 5.82 Å². The van der Waals surface area contributed by atoms with Gasteiger partial charge in [0, 0.05) is 10.7 Å². The summed E-state index contributed by atoms with van der Waals surface area (Å²) in [6.07, 6.45) is 2.83. The summed E-state index contributed by atoms with van der Waals surface area (Å²) in [7, 11) is 1.42. The number of benzene rings is 1. The van der Waals surface area contributed by atoms with Crippen LogP contribution in [-0.2, 0) is 0 Å². The van der Waals surface area contributed by atoms with E-state index in [0.717, 1.165) is 0 Å². The average Bonchev–Trinajstić information content (AvgIpc) is 2.44. The van der Waals surface area contributed by atoms with Crippen molar-refractivity contribution in [3.8, 4) is 5.75 Å². The number of halogens is 3. The largest absolute Gasteiger partial charge is 0.494 e. The lowest BCUT2D eigenvalue weighted by atomic mass is 10.0. The van der Waals surface area contributed by atoms with E-state index < -0.39 is 11.6 Å². The Bertz CT molecular complexity index is 649. The van der Waals surface area contributed by atoms with E-state index in [1.807, 2.05) is 0 Å². The van der Waals surface area contributed by atoms with Crippen LogP contribution in [0.3, 0.4) is 0 Å². The fraction of sp³-hybridized carbons (Fsp3) is 0.0769. The van der Waals surface area contributed by atoms with Gasteiger partial charge in [0.25, 0.3) is 0 Å². The zero-order chi connectivity index (χ0) is 14.0. The molecule has 0 unspecified atom stereocenters. The van der Waals surface area contributed by atoms with Crippen molar-refractivity contribution < 1.29 is 13.9 Å². The zero-order valence-electron chi connectivity index (χ0n) is 9.78. The van der Waals surface area contributed by atoms with E-state index in [1.54, 1.807) is 0 Å². The van der Waals surface area contributed by atoms with Gasteiger partial charge < -0.3 is 4.74 Å². The van der Waals surface area contributed by atoms with Crippen molar-refractivity contribution in [3.05, 3.63) is 57.0 Å². The monoisotopic (exact) mass is 343 g/mol. The van der Waals surface area contributed by atoms with Crippen molar-refractivity contribution in [1.29, 1.82) is 0 Å². The van der Waals surface area contributed by atoms with Crippen LogP contribution in [0.1, 0.15) is 15.9 Å². The quantitative estimate of drug-likeness (QED) is 0.626. The lowest BCUT2D eigenvalue weighted by molar-refractivity contribution is 0.103. The van der Waals surface area contributed by atoms with Gasteiger partial charge in [-0.05, 0) is 34.1 Å². The number of ketones is 1. The van der Waals surface area contributed by atoms with Gasteiger partial charge in [-0.2, -0.15) is 0 Å². The van der Waals surface area contributed by atoms with E-state index in [1.165, 1.54) is 37.7 Å². The maximum absolute atomic E-state index is 14.0. The van der Waals surface area contributed by atoms with E-state index in [0.29, 0.717) is 4.47 Å². The van der Waals surface area contributed by atoms with Crippen molar-refractivity contribution in [2.45, 2.75) is 0 Å². The van der Waals surface area contributed by atoms with Gasteiger partial charge in [-0.1, -0.05) is 11.6 Å². The Morgan fingerprint density at radius 1 is 1.37 bits per heavy atom. The average molecular weight is 345 g/mol. The van der Waals surface area contributed by atoms with E-state index in [2.05, 4.69) is 20.9 Å². The Morgan fingerprint density at radius 2 is 2.11 bits per heavy atom. The molecule has 0 atom stereocenters. The number of carbonyl (C=O) groups is 1. The number of hydrogen-bond donors (Lipinski definition) is 0. The van der Waals surface area contributed by atoms with E-state index >= 15 is 0 Å². The number of methoxy groups -OCH3 is 1. The van der Waals surface area contributed by atoms with Gasteiger partial charge in [0.1, 0.15) is 5.75 Å². The standard InChI is InChI=1S/C13H8BrClFNO2/c1-19-10-6-17-5-4-7(10)13(18)8-2-3-9(14)11(15)12(8)16/h2-6H,1H3. The molecule has 0 fully saturated rings. The Morgan fingerprint density at radius 3 is 2.79 bits per heavy atom. The van der Waals surface area contributed by atoms with Crippen molar-refractivity contribution in [1.82, 2.24) is 4.98 Å². The first-order valence-corrected chi connectivity index (χ1v) is 6.39. The molecule has 0 spiro atoms. The van der Waals surface area contributed by atoms with E-state index in [4.69, 9.17) is 16.3 Å². The highest BCUT2D eigenvalue weighted by Crippen LogP contribution is 2.30. The molecule has 0 saturated heterocycles. The summed E-state index contributed by atoms with van der Waals surface area (Å²) in [5, 5.41) is -0.126. The number of pyridine rings is 1. The van der Waals surface area contributed by atoms with Gasteiger partial charge in [0.05, 0.1) is 29.5 Å². The Labute approximate surface area is 122 Å². The number of carbonyl (C=O) groups excluding carboxylic acids is 1. The van der Waals surface area contributed by atoms with Gasteiger partial charge in [-0.25, -0.2) is 4.39 Å². The van der Waals surface area contributed by atoms with Gasteiger partial charge in [-0.3, -0.25) is 9.78 Å². The van der Waals surface area contributed by atoms with Crippen molar-refractivity contribution in [2.24, 2.45) is 0 Å². The van der Waals surface area contributed by atoms with Crippen molar-refractivity contribution in [2.75, 3.05) is 7.11 Å². The first-order valence-electron chi connectivity index (χ1n) is 5.22. The van der Waals surface area contributed by atoms with Crippen LogP contribution in [0.25, 0.3) is 0 Å². The highest BCUT2D eigenvalue weighted by molar-refractivity contribution is 9.10. The molecule has 0 aliphatic heterocycles. The summed E-state index contributed by atoms with van der Waals surface area (Å²) in [6.45, 7) is 0. The van der Waals surface area contributed by atoms with E-state index in [9.17, 15) is 9.18 Å². The number of aromatic nitrogens is 1. The van der Waals surface area contributed by atoms with Crippen molar-refractivity contribution in [3.63, 3.8) is 0 Å². The van der Waals surface area contributed by atoms with Crippen LogP contribution >= 0.6 is 27.5 Å². The molecule has 1 aromatic heterocycles. The molecule has 0 N–H and O–H groups in total. The maximum atomic E-state index is 14.0. The zero-order valence-corrected chi connectivity index (χ0v) is 12.1. The van der Waals surface area contributed by atoms with Crippen LogP contribution in [0.4, 0.5) is 4.39 Å². The highest BCUT2D eigenvalue weighted by atomic mass is 79.9. The molecular formula is C13H8BrClFNO2. The molecule has 0 saturated carbocycles. The minimum absolute atomic E-state index is 0.113. The number of hydrogen-bond acceptors (Lipinski definition) is 3. The third-order valence-corrected chi connectivity index (χ3v) is 3.79. The minimum Gasteiger partial charge on any atom is -0.494 e. The molecule has 0 aliphatic carbocycles. The predicted octanol–water partition coefficient (Wildman–Crippen LogP) is 3.88. The van der Waals surface area contributed by atoms with Crippen molar-refractivity contribution >= 4 is 33.3 Å². The van der Waals surface area contributed by atoms with Gasteiger partial charge in [0.15, 0.2) is 11.6 Å². The van der Waals surface area contributed by atoms with Crippen LogP contribution < -0.4 is 4.74 Å². The second kappa shape index (κ2) is 5.67. The van der Waals surface area contributed by atoms with Crippen LogP contribution in [0.2, 0.25) is 5.02 Å². The predicted molar refractivity (Wildman–Crippen MR) is 73.3 cm³/mol. The molecule has 0 bridgehead atoms. The second-order valence-electron chi connectivity index (χ2n) is 3.63. The third-order valence-electron chi connectivity index (χ3n) is 2.53. The normalized spacial score (nSPS) is 10.3. The minimum atomic E-state index is -0.764. The summed E-state index contributed by atoms with van der Waals surface area (Å²) in [4.78, 5) is 16.1. The Hall–Kier alpha value is -1.46. The number of nitrogens with zero attached hydrogens (tertiary/aromatic N) is 1. The molecule has 2 rings (SSSR count). The molecule has 0 aliphatic rings. The SMILES string of the molecule is COc1cnccc1C(=O)c1ccc(Br)c(Cl)c1F. The summed E-state index contributed by atoms with van der Waals surface area (Å²) in [5.41, 5.74) is 0.118. The van der Waals surface area contributed by atoms with Crippen LogP contribution in [0.15, 0.2) is 35.1 Å². The fourth-order valence-electron chi connectivity index (χ4n) is 1.58. The molecule has 0 radical (unpaired) electrons.